The van der Waals surface area contributed by atoms with Crippen LogP contribution in [0.25, 0.3) is 11.3 Å². The maximum atomic E-state index is 13.8. The molecule has 0 unspecified atom stereocenters. The summed E-state index contributed by atoms with van der Waals surface area (Å²) < 4.78 is 19.4. The van der Waals surface area contributed by atoms with Crippen LogP contribution in [-0.4, -0.2) is 28.5 Å². The Morgan fingerprint density at radius 1 is 1.13 bits per heavy atom. The van der Waals surface area contributed by atoms with Gasteiger partial charge in [0.25, 0.3) is 0 Å². The third-order valence-corrected chi connectivity index (χ3v) is 3.63. The molecule has 2 heterocycles. The molecule has 0 aliphatic rings. The molecular formula is C18H18FN3O. The Hall–Kier alpha value is -2.53. The molecule has 3 aromatic rings. The Morgan fingerprint density at radius 2 is 1.91 bits per heavy atom. The molecule has 3 rings (SSSR count). The maximum absolute atomic E-state index is 13.8. The molecule has 0 radical (unpaired) electrons. The molecule has 0 aliphatic carbocycles. The fourth-order valence-electron chi connectivity index (χ4n) is 2.35. The summed E-state index contributed by atoms with van der Waals surface area (Å²) in [6.07, 6.45) is 6.10. The topological polar surface area (TPSA) is 42.2 Å². The monoisotopic (exact) mass is 311 g/mol. The van der Waals surface area contributed by atoms with E-state index in [9.17, 15) is 4.39 Å². The van der Waals surface area contributed by atoms with Gasteiger partial charge in [0.15, 0.2) is 5.76 Å². The highest BCUT2D eigenvalue weighted by molar-refractivity contribution is 5.56. The van der Waals surface area contributed by atoms with Crippen molar-refractivity contribution in [3.8, 4) is 11.3 Å². The van der Waals surface area contributed by atoms with Crippen LogP contribution in [0.1, 0.15) is 11.5 Å². The Balaban J connectivity index is 1.59. The minimum absolute atomic E-state index is 0.304. The van der Waals surface area contributed by atoms with Crippen molar-refractivity contribution in [1.82, 2.24) is 14.9 Å². The highest BCUT2D eigenvalue weighted by atomic mass is 19.1. The van der Waals surface area contributed by atoms with Crippen molar-refractivity contribution in [3.05, 3.63) is 72.3 Å². The first-order chi connectivity index (χ1) is 11.2. The molecule has 0 fully saturated rings. The zero-order valence-electron chi connectivity index (χ0n) is 12.9. The van der Waals surface area contributed by atoms with Crippen LogP contribution in [0.2, 0.25) is 0 Å². The van der Waals surface area contributed by atoms with Crippen LogP contribution in [0, 0.1) is 5.82 Å². The van der Waals surface area contributed by atoms with Crippen LogP contribution in [0.15, 0.2) is 59.4 Å². The highest BCUT2D eigenvalue weighted by Gasteiger charge is 2.11. The van der Waals surface area contributed by atoms with Gasteiger partial charge in [0, 0.05) is 18.9 Å². The van der Waals surface area contributed by atoms with Crippen LogP contribution in [0.4, 0.5) is 4.39 Å². The fourth-order valence-corrected chi connectivity index (χ4v) is 2.35. The number of aromatic nitrogens is 2. The Labute approximate surface area is 134 Å². The number of hydrogen-bond acceptors (Lipinski definition) is 4. The quantitative estimate of drug-likeness (QED) is 0.698. The van der Waals surface area contributed by atoms with Crippen molar-refractivity contribution < 1.29 is 8.81 Å². The molecule has 5 heteroatoms. The summed E-state index contributed by atoms with van der Waals surface area (Å²) in [5, 5.41) is 0. The van der Waals surface area contributed by atoms with Crippen LogP contribution < -0.4 is 0 Å². The van der Waals surface area contributed by atoms with Crippen molar-refractivity contribution in [2.24, 2.45) is 0 Å². The normalized spacial score (nSPS) is 11.1. The average Bonchev–Trinajstić information content (AvgIpc) is 3.02. The smallest absolute Gasteiger partial charge is 0.209 e. The molecule has 0 saturated heterocycles. The molecule has 0 spiro atoms. The van der Waals surface area contributed by atoms with Gasteiger partial charge in [0.2, 0.25) is 5.89 Å². The zero-order chi connectivity index (χ0) is 16.1. The SMILES string of the molecule is CN(CCc1ccncc1)Cc1ncc(-c2ccccc2F)o1. The summed E-state index contributed by atoms with van der Waals surface area (Å²) in [4.78, 5) is 10.4. The van der Waals surface area contributed by atoms with E-state index in [1.54, 1.807) is 36.8 Å². The molecule has 0 N–H and O–H groups in total. The van der Waals surface area contributed by atoms with E-state index in [1.807, 2.05) is 19.2 Å². The molecule has 2 aromatic heterocycles. The number of pyridine rings is 1. The zero-order valence-corrected chi connectivity index (χ0v) is 12.9. The molecule has 0 aliphatic heterocycles. The van der Waals surface area contributed by atoms with Gasteiger partial charge in [-0.25, -0.2) is 9.37 Å². The van der Waals surface area contributed by atoms with Crippen molar-refractivity contribution in [1.29, 1.82) is 0 Å². The summed E-state index contributed by atoms with van der Waals surface area (Å²) in [7, 11) is 2.01. The summed E-state index contributed by atoms with van der Waals surface area (Å²) in [6, 6.07) is 10.6. The second kappa shape index (κ2) is 7.15. The van der Waals surface area contributed by atoms with E-state index in [0.29, 0.717) is 23.8 Å². The van der Waals surface area contributed by atoms with Crippen LogP contribution in [0.5, 0.6) is 0 Å². The summed E-state index contributed by atoms with van der Waals surface area (Å²) >= 11 is 0. The third-order valence-electron chi connectivity index (χ3n) is 3.63. The lowest BCUT2D eigenvalue weighted by Crippen LogP contribution is -2.20. The van der Waals surface area contributed by atoms with E-state index < -0.39 is 0 Å². The van der Waals surface area contributed by atoms with E-state index >= 15 is 0 Å². The van der Waals surface area contributed by atoms with Gasteiger partial charge < -0.3 is 4.42 Å². The standard InChI is InChI=1S/C18H18FN3O/c1-22(11-8-14-6-9-20-10-7-14)13-18-21-12-17(23-18)15-4-2-3-5-16(15)19/h2-7,9-10,12H,8,11,13H2,1H3. The van der Waals surface area contributed by atoms with Crippen molar-refractivity contribution >= 4 is 0 Å². The Bertz CT molecular complexity index is 758. The van der Waals surface area contributed by atoms with E-state index in [1.165, 1.54) is 11.6 Å². The predicted molar refractivity (Wildman–Crippen MR) is 86.2 cm³/mol. The molecule has 23 heavy (non-hydrogen) atoms. The van der Waals surface area contributed by atoms with Gasteiger partial charge in [0.05, 0.1) is 18.3 Å². The number of nitrogens with zero attached hydrogens (tertiary/aromatic N) is 3. The summed E-state index contributed by atoms with van der Waals surface area (Å²) in [6.45, 7) is 1.46. The second-order valence-corrected chi connectivity index (χ2v) is 5.44. The van der Waals surface area contributed by atoms with Crippen LogP contribution >= 0.6 is 0 Å². The molecule has 0 atom stereocenters. The van der Waals surface area contributed by atoms with Crippen LogP contribution in [0.3, 0.4) is 0 Å². The van der Waals surface area contributed by atoms with Crippen molar-refractivity contribution in [2.75, 3.05) is 13.6 Å². The minimum Gasteiger partial charge on any atom is -0.439 e. The lowest BCUT2D eigenvalue weighted by molar-refractivity contribution is 0.293. The van der Waals surface area contributed by atoms with Gasteiger partial charge in [-0.05, 0) is 43.3 Å². The van der Waals surface area contributed by atoms with E-state index in [-0.39, 0.29) is 5.82 Å². The average molecular weight is 311 g/mol. The highest BCUT2D eigenvalue weighted by Crippen LogP contribution is 2.23. The maximum Gasteiger partial charge on any atom is 0.209 e. The van der Waals surface area contributed by atoms with Gasteiger partial charge in [0.1, 0.15) is 5.82 Å². The first kappa shape index (κ1) is 15.4. The molecule has 0 amide bonds. The lowest BCUT2D eigenvalue weighted by Gasteiger charge is -2.14. The number of benzene rings is 1. The van der Waals surface area contributed by atoms with Crippen molar-refractivity contribution in [3.63, 3.8) is 0 Å². The van der Waals surface area contributed by atoms with E-state index in [4.69, 9.17) is 4.42 Å². The second-order valence-electron chi connectivity index (χ2n) is 5.44. The number of rotatable bonds is 6. The molecule has 1 aromatic carbocycles. The lowest BCUT2D eigenvalue weighted by atomic mass is 10.2. The Morgan fingerprint density at radius 3 is 2.70 bits per heavy atom. The molecule has 0 bridgehead atoms. The molecular weight excluding hydrogens is 293 g/mol. The van der Waals surface area contributed by atoms with Gasteiger partial charge in [-0.1, -0.05) is 12.1 Å². The first-order valence-electron chi connectivity index (χ1n) is 7.49. The first-order valence-corrected chi connectivity index (χ1v) is 7.49. The Kier molecular flexibility index (Phi) is 4.78. The van der Waals surface area contributed by atoms with Crippen LogP contribution in [-0.2, 0) is 13.0 Å². The predicted octanol–water partition coefficient (Wildman–Crippen LogP) is 3.55. The van der Waals surface area contributed by atoms with Gasteiger partial charge in [-0.3, -0.25) is 9.88 Å². The van der Waals surface area contributed by atoms with Gasteiger partial charge in [-0.15, -0.1) is 0 Å². The van der Waals surface area contributed by atoms with E-state index in [2.05, 4.69) is 14.9 Å². The van der Waals surface area contributed by atoms with Gasteiger partial charge >= 0.3 is 0 Å². The number of oxazole rings is 1. The third kappa shape index (κ3) is 4.02. The summed E-state index contributed by atoms with van der Waals surface area (Å²) in [5.74, 6) is 0.738. The number of likely N-dealkylation sites (N-methyl/N-ethyl adjacent to an activating group) is 1. The fraction of sp³-hybridized carbons (Fsp3) is 0.222. The molecule has 0 saturated carbocycles. The van der Waals surface area contributed by atoms with Gasteiger partial charge in [-0.2, -0.15) is 0 Å². The largest absolute Gasteiger partial charge is 0.439 e. The molecule has 118 valence electrons. The molecule has 4 nitrogen and oxygen atoms in total. The number of halogens is 1. The van der Waals surface area contributed by atoms with Crippen molar-refractivity contribution in [2.45, 2.75) is 13.0 Å². The number of hydrogen-bond donors (Lipinski definition) is 0. The summed E-state index contributed by atoms with van der Waals surface area (Å²) in [5.41, 5.74) is 1.68. The van der Waals surface area contributed by atoms with E-state index in [0.717, 1.165) is 13.0 Å². The minimum atomic E-state index is -0.304.